The van der Waals surface area contributed by atoms with Crippen molar-refractivity contribution in [2.45, 2.75) is 38.1 Å². The number of hydrogen-bond acceptors (Lipinski definition) is 5. The normalized spacial score (nSPS) is 33.4. The fourth-order valence-corrected chi connectivity index (χ4v) is 3.92. The van der Waals surface area contributed by atoms with E-state index in [9.17, 15) is 9.59 Å². The Morgan fingerprint density at radius 3 is 2.70 bits per heavy atom. The number of rotatable bonds is 2. The molecule has 0 saturated carbocycles. The first-order valence-electron chi connectivity index (χ1n) is 7.52. The van der Waals surface area contributed by atoms with Crippen LogP contribution in [0.2, 0.25) is 0 Å². The Bertz CT molecular complexity index is 408. The zero-order valence-corrected chi connectivity index (χ0v) is 12.1. The molecule has 2 amide bonds. The van der Waals surface area contributed by atoms with Crippen molar-refractivity contribution in [2.75, 3.05) is 33.3 Å². The molecule has 6 nitrogen and oxygen atoms in total. The fraction of sp³-hybridized carbons (Fsp3) is 0.857. The molecule has 20 heavy (non-hydrogen) atoms. The van der Waals surface area contributed by atoms with Gasteiger partial charge in [0, 0.05) is 19.0 Å². The van der Waals surface area contributed by atoms with Gasteiger partial charge in [0.05, 0.1) is 12.5 Å². The maximum Gasteiger partial charge on any atom is 0.261 e. The number of carbonyl (C=O) groups is 2. The summed E-state index contributed by atoms with van der Waals surface area (Å²) in [7, 11) is 1.39. The number of amides is 2. The summed E-state index contributed by atoms with van der Waals surface area (Å²) in [6.45, 7) is 3.85. The maximum absolute atomic E-state index is 12.5. The first-order chi connectivity index (χ1) is 9.66. The second-order valence-corrected chi connectivity index (χ2v) is 6.19. The zero-order valence-electron chi connectivity index (χ0n) is 12.1. The van der Waals surface area contributed by atoms with Gasteiger partial charge in [0.1, 0.15) is 0 Å². The van der Waals surface area contributed by atoms with Crippen molar-refractivity contribution in [3.8, 4) is 0 Å². The van der Waals surface area contributed by atoms with E-state index in [1.807, 2.05) is 0 Å². The van der Waals surface area contributed by atoms with Crippen LogP contribution in [0.4, 0.5) is 0 Å². The molecule has 0 aromatic carbocycles. The molecule has 1 spiro atoms. The lowest BCUT2D eigenvalue weighted by Gasteiger charge is -2.43. The Balaban J connectivity index is 1.74. The highest BCUT2D eigenvalue weighted by Gasteiger charge is 2.54. The van der Waals surface area contributed by atoms with Gasteiger partial charge in [-0.15, -0.1) is 0 Å². The first-order valence-corrected chi connectivity index (χ1v) is 7.52. The SMILES string of the molecule is CON1C(=O)CC2(CCCN(C3CCNCC3)C2)C1=O. The van der Waals surface area contributed by atoms with Crippen LogP contribution in [0.25, 0.3) is 0 Å². The number of hydroxylamine groups is 2. The molecule has 3 aliphatic heterocycles. The van der Waals surface area contributed by atoms with Crippen molar-refractivity contribution in [1.82, 2.24) is 15.3 Å². The molecule has 112 valence electrons. The van der Waals surface area contributed by atoms with Crippen molar-refractivity contribution in [2.24, 2.45) is 5.41 Å². The van der Waals surface area contributed by atoms with Crippen molar-refractivity contribution in [3.05, 3.63) is 0 Å². The van der Waals surface area contributed by atoms with E-state index in [1.165, 1.54) is 7.11 Å². The van der Waals surface area contributed by atoms with Gasteiger partial charge in [-0.25, -0.2) is 0 Å². The smallest absolute Gasteiger partial charge is 0.261 e. The summed E-state index contributed by atoms with van der Waals surface area (Å²) in [5.74, 6) is -0.326. The Labute approximate surface area is 119 Å². The van der Waals surface area contributed by atoms with E-state index in [4.69, 9.17) is 4.84 Å². The molecule has 3 heterocycles. The highest BCUT2D eigenvalue weighted by atomic mass is 16.7. The van der Waals surface area contributed by atoms with Crippen molar-refractivity contribution < 1.29 is 14.4 Å². The number of carbonyl (C=O) groups excluding carboxylic acids is 2. The van der Waals surface area contributed by atoms with Crippen LogP contribution in [0.1, 0.15) is 32.1 Å². The van der Waals surface area contributed by atoms with Gasteiger partial charge in [-0.05, 0) is 45.3 Å². The van der Waals surface area contributed by atoms with Crippen molar-refractivity contribution in [3.63, 3.8) is 0 Å². The Morgan fingerprint density at radius 2 is 2.05 bits per heavy atom. The van der Waals surface area contributed by atoms with E-state index in [2.05, 4.69) is 10.2 Å². The van der Waals surface area contributed by atoms with Crippen LogP contribution in [-0.2, 0) is 14.4 Å². The van der Waals surface area contributed by atoms with E-state index >= 15 is 0 Å². The first kappa shape index (κ1) is 14.0. The lowest BCUT2D eigenvalue weighted by Crippen LogP contribution is -2.53. The van der Waals surface area contributed by atoms with E-state index in [-0.39, 0.29) is 11.8 Å². The molecule has 3 aliphatic rings. The van der Waals surface area contributed by atoms with Gasteiger partial charge in [-0.2, -0.15) is 5.06 Å². The quantitative estimate of drug-likeness (QED) is 0.730. The minimum Gasteiger partial charge on any atom is -0.317 e. The number of piperidine rings is 2. The molecular formula is C14H23N3O3. The summed E-state index contributed by atoms with van der Waals surface area (Å²) in [5, 5.41) is 4.34. The van der Waals surface area contributed by atoms with Gasteiger partial charge in [0.25, 0.3) is 11.8 Å². The van der Waals surface area contributed by atoms with E-state index < -0.39 is 5.41 Å². The zero-order chi connectivity index (χ0) is 14.2. The van der Waals surface area contributed by atoms with Gasteiger partial charge >= 0.3 is 0 Å². The molecule has 0 aromatic rings. The van der Waals surface area contributed by atoms with E-state index in [1.54, 1.807) is 0 Å². The minimum atomic E-state index is -0.532. The molecule has 0 radical (unpaired) electrons. The second kappa shape index (κ2) is 5.42. The van der Waals surface area contributed by atoms with Crippen molar-refractivity contribution >= 4 is 11.8 Å². The van der Waals surface area contributed by atoms with Gasteiger partial charge in [0.2, 0.25) is 0 Å². The molecule has 3 saturated heterocycles. The topological polar surface area (TPSA) is 61.9 Å². The third-order valence-corrected chi connectivity index (χ3v) is 4.97. The van der Waals surface area contributed by atoms with Gasteiger partial charge in [-0.1, -0.05) is 0 Å². The molecule has 3 fully saturated rings. The summed E-state index contributed by atoms with van der Waals surface area (Å²) in [4.78, 5) is 31.8. The van der Waals surface area contributed by atoms with Crippen LogP contribution in [-0.4, -0.2) is 61.1 Å². The van der Waals surface area contributed by atoms with Crippen LogP contribution < -0.4 is 5.32 Å². The summed E-state index contributed by atoms with van der Waals surface area (Å²) in [6, 6.07) is 0.549. The number of likely N-dealkylation sites (tertiary alicyclic amines) is 1. The molecule has 0 bridgehead atoms. The minimum absolute atomic E-state index is 0.136. The summed E-state index contributed by atoms with van der Waals surface area (Å²) in [5.41, 5.74) is -0.532. The van der Waals surface area contributed by atoms with Gasteiger partial charge < -0.3 is 5.32 Å². The molecule has 1 N–H and O–H groups in total. The van der Waals surface area contributed by atoms with Crippen LogP contribution in [0.15, 0.2) is 0 Å². The number of hydrogen-bond donors (Lipinski definition) is 1. The predicted octanol–water partition coefficient (Wildman–Crippen LogP) is 0.141. The Morgan fingerprint density at radius 1 is 1.30 bits per heavy atom. The van der Waals surface area contributed by atoms with E-state index in [0.717, 1.165) is 50.4 Å². The van der Waals surface area contributed by atoms with Crippen molar-refractivity contribution in [1.29, 1.82) is 0 Å². The van der Waals surface area contributed by atoms with Crippen LogP contribution in [0.3, 0.4) is 0 Å². The molecule has 0 aromatic heterocycles. The van der Waals surface area contributed by atoms with Gasteiger partial charge in [0.15, 0.2) is 0 Å². The standard InChI is InChI=1S/C14H23N3O3/c1-20-17-12(18)9-14(13(17)19)5-2-8-16(10-14)11-3-6-15-7-4-11/h11,15H,2-10H2,1H3. The van der Waals surface area contributed by atoms with Crippen LogP contribution in [0.5, 0.6) is 0 Å². The molecule has 3 rings (SSSR count). The van der Waals surface area contributed by atoms with E-state index in [0.29, 0.717) is 19.0 Å². The molecular weight excluding hydrogens is 258 g/mol. The second-order valence-electron chi connectivity index (χ2n) is 6.19. The number of nitrogens with zero attached hydrogens (tertiary/aromatic N) is 2. The molecule has 6 heteroatoms. The number of nitrogens with one attached hydrogen (secondary N) is 1. The lowest BCUT2D eigenvalue weighted by atomic mass is 9.77. The molecule has 1 atom stereocenters. The third-order valence-electron chi connectivity index (χ3n) is 4.97. The Hall–Kier alpha value is -0.980. The summed E-state index contributed by atoms with van der Waals surface area (Å²) >= 11 is 0. The largest absolute Gasteiger partial charge is 0.317 e. The third kappa shape index (κ3) is 2.25. The fourth-order valence-electron chi connectivity index (χ4n) is 3.92. The van der Waals surface area contributed by atoms with Crippen LogP contribution in [0, 0.1) is 5.41 Å². The van der Waals surface area contributed by atoms with Gasteiger partial charge in [-0.3, -0.25) is 19.3 Å². The number of imide groups is 1. The monoisotopic (exact) mass is 281 g/mol. The average molecular weight is 281 g/mol. The maximum atomic E-state index is 12.5. The highest BCUT2D eigenvalue weighted by molar-refractivity contribution is 6.05. The molecule has 0 aliphatic carbocycles. The summed E-state index contributed by atoms with van der Waals surface area (Å²) < 4.78 is 0. The lowest BCUT2D eigenvalue weighted by molar-refractivity contribution is -0.183. The Kier molecular flexibility index (Phi) is 3.79. The van der Waals surface area contributed by atoms with Crippen LogP contribution >= 0.6 is 0 Å². The highest BCUT2D eigenvalue weighted by Crippen LogP contribution is 2.41. The summed E-state index contributed by atoms with van der Waals surface area (Å²) in [6.07, 6.45) is 4.36. The predicted molar refractivity (Wildman–Crippen MR) is 72.6 cm³/mol. The average Bonchev–Trinajstić information content (AvgIpc) is 2.70. The molecule has 1 unspecified atom stereocenters.